The lowest BCUT2D eigenvalue weighted by molar-refractivity contribution is 0.146. The molecule has 1 aromatic rings. The van der Waals surface area contributed by atoms with Gasteiger partial charge in [-0.3, -0.25) is 0 Å². The molecule has 0 saturated carbocycles. The van der Waals surface area contributed by atoms with Gasteiger partial charge in [0.1, 0.15) is 12.4 Å². The maximum Gasteiger partial charge on any atom is 0.317 e. The van der Waals surface area contributed by atoms with E-state index in [1.807, 2.05) is 23.1 Å². The van der Waals surface area contributed by atoms with Crippen LogP contribution in [0.1, 0.15) is 5.56 Å². The van der Waals surface area contributed by atoms with Crippen LogP contribution in [0.3, 0.4) is 0 Å². The summed E-state index contributed by atoms with van der Waals surface area (Å²) in [6, 6.07) is 8.12. The highest BCUT2D eigenvalue weighted by atomic mass is 16.5. The molecule has 1 N–H and O–H groups in total. The molecule has 1 atom stereocenters. The molecular weight excluding hydrogens is 254 g/mol. The van der Waals surface area contributed by atoms with E-state index in [1.165, 1.54) is 5.56 Å². The zero-order chi connectivity index (χ0) is 13.9. The molecule has 3 rings (SSSR count). The highest BCUT2D eigenvalue weighted by molar-refractivity contribution is 5.74. The molecule has 0 bridgehead atoms. The second-order valence-corrected chi connectivity index (χ2v) is 5.56. The van der Waals surface area contributed by atoms with Gasteiger partial charge in [-0.2, -0.15) is 0 Å². The molecule has 2 aliphatic heterocycles. The molecule has 1 unspecified atom stereocenters. The first kappa shape index (κ1) is 13.2. The molecule has 0 radical (unpaired) electrons. The molecule has 2 amide bonds. The largest absolute Gasteiger partial charge is 0.491 e. The third-order valence-corrected chi connectivity index (χ3v) is 4.00. The van der Waals surface area contributed by atoms with Crippen molar-refractivity contribution >= 4 is 6.03 Å². The Morgan fingerprint density at radius 1 is 1.25 bits per heavy atom. The minimum atomic E-state index is 0.0334. The van der Waals surface area contributed by atoms with E-state index in [0.717, 1.165) is 38.3 Å². The topological polar surface area (TPSA) is 44.8 Å². The van der Waals surface area contributed by atoms with E-state index in [2.05, 4.69) is 23.3 Å². The normalized spacial score (nSPS) is 22.9. The van der Waals surface area contributed by atoms with Crippen molar-refractivity contribution in [3.63, 3.8) is 0 Å². The van der Waals surface area contributed by atoms with E-state index < -0.39 is 0 Å². The van der Waals surface area contributed by atoms with Crippen molar-refractivity contribution in [1.29, 1.82) is 0 Å². The smallest absolute Gasteiger partial charge is 0.317 e. The number of likely N-dealkylation sites (N-methyl/N-ethyl adjacent to an activating group) is 1. The molecule has 0 spiro atoms. The number of ether oxygens (including phenoxy) is 1. The summed E-state index contributed by atoms with van der Waals surface area (Å²) >= 11 is 0. The fraction of sp³-hybridized carbons (Fsp3) is 0.533. The van der Waals surface area contributed by atoms with Gasteiger partial charge in [-0.05, 0) is 25.1 Å². The Morgan fingerprint density at radius 3 is 2.80 bits per heavy atom. The Bertz CT molecular complexity index is 484. The van der Waals surface area contributed by atoms with Gasteiger partial charge in [0.2, 0.25) is 0 Å². The summed E-state index contributed by atoms with van der Waals surface area (Å²) < 4.78 is 5.70. The van der Waals surface area contributed by atoms with Crippen molar-refractivity contribution in [2.24, 2.45) is 0 Å². The van der Waals surface area contributed by atoms with Gasteiger partial charge >= 0.3 is 6.03 Å². The molecule has 1 aromatic carbocycles. The number of nitrogens with zero attached hydrogens (tertiary/aromatic N) is 2. The lowest BCUT2D eigenvalue weighted by atomic mass is 10.0. The molecule has 1 fully saturated rings. The average molecular weight is 275 g/mol. The second-order valence-electron chi connectivity index (χ2n) is 5.56. The summed E-state index contributed by atoms with van der Waals surface area (Å²) in [5.74, 6) is 0.942. The number of amides is 2. The fourth-order valence-electron chi connectivity index (χ4n) is 2.70. The highest BCUT2D eigenvalue weighted by Gasteiger charge is 2.24. The number of carbonyl (C=O) groups is 1. The number of piperazine rings is 1. The number of carbonyl (C=O) groups excluding carboxylic acids is 1. The van der Waals surface area contributed by atoms with Crippen LogP contribution in [0.4, 0.5) is 4.79 Å². The lowest BCUT2D eigenvalue weighted by Crippen LogP contribution is -2.54. The van der Waals surface area contributed by atoms with Crippen molar-refractivity contribution in [3.8, 4) is 5.75 Å². The summed E-state index contributed by atoms with van der Waals surface area (Å²) in [4.78, 5) is 16.4. The number of nitrogens with one attached hydrogen (secondary N) is 1. The minimum absolute atomic E-state index is 0.0334. The summed E-state index contributed by atoms with van der Waals surface area (Å²) in [6.45, 7) is 4.03. The molecule has 2 heterocycles. The zero-order valence-electron chi connectivity index (χ0n) is 11.8. The van der Waals surface area contributed by atoms with Gasteiger partial charge in [0.25, 0.3) is 0 Å². The van der Waals surface area contributed by atoms with E-state index >= 15 is 0 Å². The number of para-hydroxylation sites is 1. The summed E-state index contributed by atoms with van der Waals surface area (Å²) in [7, 11) is 2.08. The number of benzene rings is 1. The zero-order valence-corrected chi connectivity index (χ0v) is 11.8. The van der Waals surface area contributed by atoms with Crippen molar-refractivity contribution in [2.45, 2.75) is 12.5 Å². The first-order valence-corrected chi connectivity index (χ1v) is 7.17. The Hall–Kier alpha value is -1.75. The van der Waals surface area contributed by atoms with E-state index in [9.17, 15) is 4.79 Å². The molecule has 5 heteroatoms. The van der Waals surface area contributed by atoms with Crippen molar-refractivity contribution < 1.29 is 9.53 Å². The third-order valence-electron chi connectivity index (χ3n) is 4.00. The molecule has 0 aromatic heterocycles. The molecule has 5 nitrogen and oxygen atoms in total. The standard InChI is InChI=1S/C15H21N3O2/c1-17-6-8-18(9-7-17)15(19)16-13-10-12-4-2-3-5-14(12)20-11-13/h2-5,13H,6-11H2,1H3,(H,16,19). The van der Waals surface area contributed by atoms with Crippen LogP contribution in [0, 0.1) is 0 Å². The molecule has 0 aliphatic carbocycles. The van der Waals surface area contributed by atoms with Gasteiger partial charge in [0.05, 0.1) is 6.04 Å². The summed E-state index contributed by atoms with van der Waals surface area (Å²) in [6.07, 6.45) is 0.843. The third kappa shape index (κ3) is 2.88. The molecule has 1 saturated heterocycles. The predicted molar refractivity (Wildman–Crippen MR) is 77.0 cm³/mol. The Labute approximate surface area is 119 Å². The molecule has 108 valence electrons. The Kier molecular flexibility index (Phi) is 3.78. The fourth-order valence-corrected chi connectivity index (χ4v) is 2.70. The van der Waals surface area contributed by atoms with Gasteiger partial charge in [-0.25, -0.2) is 4.79 Å². The quantitative estimate of drug-likeness (QED) is 0.830. The minimum Gasteiger partial charge on any atom is -0.491 e. The molecule has 2 aliphatic rings. The van der Waals surface area contributed by atoms with Crippen molar-refractivity contribution in [3.05, 3.63) is 29.8 Å². The SMILES string of the molecule is CN1CCN(C(=O)NC2COc3ccccc3C2)CC1. The first-order chi connectivity index (χ1) is 9.72. The van der Waals surface area contributed by atoms with Crippen LogP contribution in [0.15, 0.2) is 24.3 Å². The highest BCUT2D eigenvalue weighted by Crippen LogP contribution is 2.23. The summed E-state index contributed by atoms with van der Waals surface area (Å²) in [5, 5.41) is 3.09. The van der Waals surface area contributed by atoms with Gasteiger partial charge in [-0.1, -0.05) is 18.2 Å². The number of fused-ring (bicyclic) bond motifs is 1. The van der Waals surface area contributed by atoms with Gasteiger partial charge in [0.15, 0.2) is 0 Å². The average Bonchev–Trinajstić information content (AvgIpc) is 2.48. The van der Waals surface area contributed by atoms with Crippen LogP contribution >= 0.6 is 0 Å². The van der Waals surface area contributed by atoms with Gasteiger partial charge in [-0.15, -0.1) is 0 Å². The van der Waals surface area contributed by atoms with Crippen LogP contribution in [-0.4, -0.2) is 61.7 Å². The van der Waals surface area contributed by atoms with Crippen LogP contribution in [0.5, 0.6) is 5.75 Å². The number of hydrogen-bond acceptors (Lipinski definition) is 3. The van der Waals surface area contributed by atoms with Gasteiger partial charge in [0, 0.05) is 26.2 Å². The van der Waals surface area contributed by atoms with E-state index in [4.69, 9.17) is 4.74 Å². The number of urea groups is 1. The van der Waals surface area contributed by atoms with Crippen molar-refractivity contribution in [1.82, 2.24) is 15.1 Å². The number of hydrogen-bond donors (Lipinski definition) is 1. The number of rotatable bonds is 1. The van der Waals surface area contributed by atoms with E-state index in [0.29, 0.717) is 6.61 Å². The first-order valence-electron chi connectivity index (χ1n) is 7.17. The maximum atomic E-state index is 12.2. The second kappa shape index (κ2) is 5.71. The maximum absolute atomic E-state index is 12.2. The monoisotopic (exact) mass is 275 g/mol. The van der Waals surface area contributed by atoms with E-state index in [-0.39, 0.29) is 12.1 Å². The lowest BCUT2D eigenvalue weighted by Gasteiger charge is -2.34. The Morgan fingerprint density at radius 2 is 2.00 bits per heavy atom. The van der Waals surface area contributed by atoms with Crippen LogP contribution in [-0.2, 0) is 6.42 Å². The van der Waals surface area contributed by atoms with Crippen LogP contribution in [0.2, 0.25) is 0 Å². The van der Waals surface area contributed by atoms with Crippen molar-refractivity contribution in [2.75, 3.05) is 39.8 Å². The summed E-state index contributed by atoms with van der Waals surface area (Å²) in [5.41, 5.74) is 1.17. The molecule has 20 heavy (non-hydrogen) atoms. The van der Waals surface area contributed by atoms with Crippen LogP contribution in [0.25, 0.3) is 0 Å². The predicted octanol–water partition coefficient (Wildman–Crippen LogP) is 0.947. The van der Waals surface area contributed by atoms with E-state index in [1.54, 1.807) is 0 Å². The Balaban J connectivity index is 1.55. The van der Waals surface area contributed by atoms with Gasteiger partial charge < -0.3 is 19.9 Å². The van der Waals surface area contributed by atoms with Crippen LogP contribution < -0.4 is 10.1 Å². The molecular formula is C15H21N3O2.